The van der Waals surface area contributed by atoms with Crippen LogP contribution in [0.15, 0.2) is 53.0 Å². The van der Waals surface area contributed by atoms with Gasteiger partial charge >= 0.3 is 0 Å². The Balaban J connectivity index is 2.18. The molecule has 0 saturated carbocycles. The van der Waals surface area contributed by atoms with E-state index in [9.17, 15) is 9.59 Å². The second-order valence-electron chi connectivity index (χ2n) is 4.02. The molecule has 0 heterocycles. The number of nitrogens with two attached hydrogens (primary N) is 1. The van der Waals surface area contributed by atoms with Crippen molar-refractivity contribution in [1.82, 2.24) is 5.43 Å². The number of amides is 2. The average Bonchev–Trinajstić information content (AvgIpc) is 2.46. The first-order chi connectivity index (χ1) is 9.60. The standard InChI is InChI=1S/C14H12BrN3O2/c15-11-5-1-3-9(7-11)13(19)17-12-6-2-4-10(8-12)14(20)18-16/h1-8H,16H2,(H,17,19)(H,18,20). The van der Waals surface area contributed by atoms with Crippen molar-refractivity contribution < 1.29 is 9.59 Å². The van der Waals surface area contributed by atoms with Gasteiger partial charge in [-0.3, -0.25) is 15.0 Å². The molecule has 0 unspecified atom stereocenters. The molecule has 2 aromatic rings. The number of hydrazine groups is 1. The Kier molecular flexibility index (Phi) is 4.49. The Bertz CT molecular complexity index is 658. The lowest BCUT2D eigenvalue weighted by Gasteiger charge is -2.07. The highest BCUT2D eigenvalue weighted by Gasteiger charge is 2.08. The summed E-state index contributed by atoms with van der Waals surface area (Å²) in [5.41, 5.74) is 3.46. The van der Waals surface area contributed by atoms with E-state index < -0.39 is 5.91 Å². The zero-order valence-electron chi connectivity index (χ0n) is 10.4. The zero-order valence-corrected chi connectivity index (χ0v) is 12.0. The van der Waals surface area contributed by atoms with Crippen LogP contribution in [0.1, 0.15) is 20.7 Å². The molecule has 0 atom stereocenters. The van der Waals surface area contributed by atoms with Crippen LogP contribution in [-0.4, -0.2) is 11.8 Å². The SMILES string of the molecule is NNC(=O)c1cccc(NC(=O)c2cccc(Br)c2)c1. The first-order valence-electron chi connectivity index (χ1n) is 5.78. The molecule has 0 aliphatic heterocycles. The van der Waals surface area contributed by atoms with Gasteiger partial charge in [0.15, 0.2) is 0 Å². The van der Waals surface area contributed by atoms with Gasteiger partial charge in [0, 0.05) is 21.3 Å². The summed E-state index contributed by atoms with van der Waals surface area (Å²) in [4.78, 5) is 23.5. The number of carbonyl (C=O) groups is 2. The monoisotopic (exact) mass is 333 g/mol. The summed E-state index contributed by atoms with van der Waals surface area (Å²) in [6.45, 7) is 0. The number of hydrogen-bond donors (Lipinski definition) is 3. The summed E-state index contributed by atoms with van der Waals surface area (Å²) in [6.07, 6.45) is 0. The Labute approximate surface area is 124 Å². The molecular weight excluding hydrogens is 322 g/mol. The number of halogens is 1. The maximum absolute atomic E-state index is 12.1. The van der Waals surface area contributed by atoms with E-state index in [2.05, 4.69) is 21.2 Å². The summed E-state index contributed by atoms with van der Waals surface area (Å²) in [5, 5.41) is 2.72. The third-order valence-corrected chi connectivity index (χ3v) is 3.09. The number of carbonyl (C=O) groups excluding carboxylic acids is 2. The summed E-state index contributed by atoms with van der Waals surface area (Å²) >= 11 is 3.31. The van der Waals surface area contributed by atoms with Crippen LogP contribution >= 0.6 is 15.9 Å². The van der Waals surface area contributed by atoms with E-state index in [0.29, 0.717) is 16.8 Å². The van der Waals surface area contributed by atoms with Crippen molar-refractivity contribution in [1.29, 1.82) is 0 Å². The fourth-order valence-corrected chi connectivity index (χ4v) is 2.05. The molecule has 0 aliphatic rings. The molecule has 2 rings (SSSR count). The third kappa shape index (κ3) is 3.43. The largest absolute Gasteiger partial charge is 0.322 e. The Morgan fingerprint density at radius 3 is 2.25 bits per heavy atom. The smallest absolute Gasteiger partial charge is 0.265 e. The van der Waals surface area contributed by atoms with Gasteiger partial charge in [0.05, 0.1) is 0 Å². The molecule has 102 valence electrons. The second kappa shape index (κ2) is 6.31. The van der Waals surface area contributed by atoms with Gasteiger partial charge in [-0.15, -0.1) is 0 Å². The van der Waals surface area contributed by atoms with E-state index in [4.69, 9.17) is 5.84 Å². The molecule has 2 amide bonds. The first-order valence-corrected chi connectivity index (χ1v) is 6.57. The highest BCUT2D eigenvalue weighted by Crippen LogP contribution is 2.15. The van der Waals surface area contributed by atoms with E-state index in [1.807, 2.05) is 11.5 Å². The van der Waals surface area contributed by atoms with Gasteiger partial charge in [0.2, 0.25) is 0 Å². The molecule has 0 aliphatic carbocycles. The van der Waals surface area contributed by atoms with Crippen LogP contribution in [0.5, 0.6) is 0 Å². The molecule has 0 spiro atoms. The number of benzene rings is 2. The van der Waals surface area contributed by atoms with Crippen molar-refractivity contribution in [2.24, 2.45) is 5.84 Å². The zero-order chi connectivity index (χ0) is 14.5. The lowest BCUT2D eigenvalue weighted by Crippen LogP contribution is -2.30. The van der Waals surface area contributed by atoms with Gasteiger partial charge in [-0.05, 0) is 36.4 Å². The molecule has 4 N–H and O–H groups in total. The van der Waals surface area contributed by atoms with Crippen molar-refractivity contribution in [2.75, 3.05) is 5.32 Å². The van der Waals surface area contributed by atoms with Gasteiger partial charge < -0.3 is 5.32 Å². The van der Waals surface area contributed by atoms with Crippen molar-refractivity contribution in [2.45, 2.75) is 0 Å². The molecule has 5 nitrogen and oxygen atoms in total. The molecule has 0 radical (unpaired) electrons. The minimum absolute atomic E-state index is 0.253. The van der Waals surface area contributed by atoms with Gasteiger partial charge in [0.25, 0.3) is 11.8 Å². The number of nitrogen functional groups attached to an aromatic ring is 1. The van der Waals surface area contributed by atoms with Gasteiger partial charge in [0.1, 0.15) is 0 Å². The first kappa shape index (κ1) is 14.2. The van der Waals surface area contributed by atoms with Crippen molar-refractivity contribution >= 4 is 33.4 Å². The molecule has 2 aromatic carbocycles. The highest BCUT2D eigenvalue weighted by molar-refractivity contribution is 9.10. The van der Waals surface area contributed by atoms with Gasteiger partial charge in [-0.1, -0.05) is 28.1 Å². The summed E-state index contributed by atoms with van der Waals surface area (Å²) in [7, 11) is 0. The normalized spacial score (nSPS) is 9.90. The van der Waals surface area contributed by atoms with E-state index in [0.717, 1.165) is 4.47 Å². The van der Waals surface area contributed by atoms with E-state index >= 15 is 0 Å². The molecule has 20 heavy (non-hydrogen) atoms. The minimum Gasteiger partial charge on any atom is -0.322 e. The number of rotatable bonds is 3. The van der Waals surface area contributed by atoms with Crippen LogP contribution in [0.25, 0.3) is 0 Å². The van der Waals surface area contributed by atoms with Crippen LogP contribution in [0.2, 0.25) is 0 Å². The predicted octanol–water partition coefficient (Wildman–Crippen LogP) is 2.30. The van der Waals surface area contributed by atoms with E-state index in [-0.39, 0.29) is 5.91 Å². The molecular formula is C14H12BrN3O2. The van der Waals surface area contributed by atoms with E-state index in [1.165, 1.54) is 0 Å². The summed E-state index contributed by atoms with van der Waals surface area (Å²) in [5.74, 6) is 4.40. The fourth-order valence-electron chi connectivity index (χ4n) is 1.65. The van der Waals surface area contributed by atoms with Crippen LogP contribution in [-0.2, 0) is 0 Å². The summed E-state index contributed by atoms with van der Waals surface area (Å²) < 4.78 is 0.821. The molecule has 0 aromatic heterocycles. The van der Waals surface area contributed by atoms with Crippen LogP contribution in [0, 0.1) is 0 Å². The lowest BCUT2D eigenvalue weighted by atomic mass is 10.1. The molecule has 6 heteroatoms. The lowest BCUT2D eigenvalue weighted by molar-refractivity contribution is 0.0952. The van der Waals surface area contributed by atoms with Crippen LogP contribution in [0.3, 0.4) is 0 Å². The number of nitrogens with one attached hydrogen (secondary N) is 2. The maximum Gasteiger partial charge on any atom is 0.265 e. The summed E-state index contributed by atoms with van der Waals surface area (Å²) in [6, 6.07) is 13.6. The molecule has 0 saturated heterocycles. The van der Waals surface area contributed by atoms with Crippen LogP contribution in [0.4, 0.5) is 5.69 Å². The van der Waals surface area contributed by atoms with Gasteiger partial charge in [-0.2, -0.15) is 0 Å². The van der Waals surface area contributed by atoms with Crippen LogP contribution < -0.4 is 16.6 Å². The predicted molar refractivity (Wildman–Crippen MR) is 80.2 cm³/mol. The van der Waals surface area contributed by atoms with Gasteiger partial charge in [-0.25, -0.2) is 5.84 Å². The quantitative estimate of drug-likeness (QED) is 0.457. The van der Waals surface area contributed by atoms with Crippen molar-refractivity contribution in [3.8, 4) is 0 Å². The van der Waals surface area contributed by atoms with E-state index in [1.54, 1.807) is 42.5 Å². The van der Waals surface area contributed by atoms with Crippen molar-refractivity contribution in [3.63, 3.8) is 0 Å². The Morgan fingerprint density at radius 2 is 1.60 bits per heavy atom. The number of hydrogen-bond acceptors (Lipinski definition) is 3. The third-order valence-electron chi connectivity index (χ3n) is 2.60. The topological polar surface area (TPSA) is 84.2 Å². The Hall–Kier alpha value is -2.18. The van der Waals surface area contributed by atoms with Crippen molar-refractivity contribution in [3.05, 3.63) is 64.1 Å². The fraction of sp³-hybridized carbons (Fsp3) is 0. The average molecular weight is 334 g/mol. The molecule has 0 fully saturated rings. The maximum atomic E-state index is 12.1. The minimum atomic E-state index is -0.413. The number of anilines is 1. The Morgan fingerprint density at radius 1 is 0.950 bits per heavy atom. The highest BCUT2D eigenvalue weighted by atomic mass is 79.9. The second-order valence-corrected chi connectivity index (χ2v) is 4.93. The molecule has 0 bridgehead atoms.